The molecule has 0 bridgehead atoms. The molecule has 0 aliphatic heterocycles. The first-order valence-electron chi connectivity index (χ1n) is 9.40. The van der Waals surface area contributed by atoms with Crippen LogP contribution in [0.2, 0.25) is 0 Å². The van der Waals surface area contributed by atoms with Crippen molar-refractivity contribution in [1.29, 1.82) is 0 Å². The van der Waals surface area contributed by atoms with Gasteiger partial charge in [0.05, 0.1) is 0 Å². The third-order valence-electron chi connectivity index (χ3n) is 4.56. The van der Waals surface area contributed by atoms with Crippen molar-refractivity contribution in [3.8, 4) is 5.75 Å². The van der Waals surface area contributed by atoms with Crippen LogP contribution in [-0.2, 0) is 13.2 Å². The molecule has 0 aliphatic carbocycles. The number of carbonyl (C=O) groups excluding carboxylic acids is 2. The summed E-state index contributed by atoms with van der Waals surface area (Å²) in [6, 6.07) is 24.3. The van der Waals surface area contributed by atoms with Gasteiger partial charge in [0.15, 0.2) is 0 Å². The summed E-state index contributed by atoms with van der Waals surface area (Å²) < 4.78 is 5.73. The molecule has 2 amide bonds. The highest BCUT2D eigenvalue weighted by molar-refractivity contribution is 5.94. The Morgan fingerprint density at radius 2 is 1.41 bits per heavy atom. The van der Waals surface area contributed by atoms with Crippen LogP contribution >= 0.6 is 0 Å². The lowest BCUT2D eigenvalue weighted by atomic mass is 10.1. The Kier molecular flexibility index (Phi) is 6.63. The number of amides is 2. The first-order chi connectivity index (χ1) is 14.1. The van der Waals surface area contributed by atoms with Gasteiger partial charge in [-0.2, -0.15) is 0 Å². The minimum Gasteiger partial charge on any atom is -0.489 e. The average Bonchev–Trinajstić information content (AvgIpc) is 2.78. The highest BCUT2D eigenvalue weighted by Crippen LogP contribution is 2.14. The largest absolute Gasteiger partial charge is 0.489 e. The lowest BCUT2D eigenvalue weighted by Gasteiger charge is -2.18. The standard InChI is InChI=1S/C24H24N2O3/c1-25-23(27)20-12-8-18(9-13-20)16-26(2)24(28)21-14-10-19(11-15-21)17-29-22-6-4-3-5-7-22/h3-15H,16-17H2,1-2H3,(H,25,27). The van der Waals surface area contributed by atoms with Crippen molar-refractivity contribution in [2.24, 2.45) is 0 Å². The number of ether oxygens (including phenoxy) is 1. The van der Waals surface area contributed by atoms with Crippen LogP contribution in [0.3, 0.4) is 0 Å². The summed E-state index contributed by atoms with van der Waals surface area (Å²) in [5.41, 5.74) is 3.18. The van der Waals surface area contributed by atoms with E-state index in [-0.39, 0.29) is 11.8 Å². The van der Waals surface area contributed by atoms with E-state index >= 15 is 0 Å². The molecule has 1 N–H and O–H groups in total. The fraction of sp³-hybridized carbons (Fsp3) is 0.167. The predicted molar refractivity (Wildman–Crippen MR) is 113 cm³/mol. The Hall–Kier alpha value is -3.60. The molecule has 0 aliphatic rings. The quantitative estimate of drug-likeness (QED) is 0.668. The van der Waals surface area contributed by atoms with Gasteiger partial charge in [0.1, 0.15) is 12.4 Å². The normalized spacial score (nSPS) is 10.3. The fourth-order valence-corrected chi connectivity index (χ4v) is 2.90. The molecule has 0 fully saturated rings. The summed E-state index contributed by atoms with van der Waals surface area (Å²) in [6.45, 7) is 0.914. The molecule has 0 spiro atoms. The Bertz CT molecular complexity index is 952. The minimum atomic E-state index is -0.127. The Morgan fingerprint density at radius 3 is 2.03 bits per heavy atom. The molecule has 3 aromatic carbocycles. The third-order valence-corrected chi connectivity index (χ3v) is 4.56. The number of carbonyl (C=O) groups is 2. The van der Waals surface area contributed by atoms with E-state index in [0.717, 1.165) is 16.9 Å². The summed E-state index contributed by atoms with van der Waals surface area (Å²) >= 11 is 0. The Morgan fingerprint density at radius 1 is 0.828 bits per heavy atom. The molecule has 0 saturated carbocycles. The molecule has 5 nitrogen and oxygen atoms in total. The number of nitrogens with zero attached hydrogens (tertiary/aromatic N) is 1. The first-order valence-corrected chi connectivity index (χ1v) is 9.40. The second-order valence-corrected chi connectivity index (χ2v) is 6.74. The topological polar surface area (TPSA) is 58.6 Å². The number of para-hydroxylation sites is 1. The maximum absolute atomic E-state index is 12.7. The summed E-state index contributed by atoms with van der Waals surface area (Å²) in [5.74, 6) is 0.628. The Labute approximate surface area is 170 Å². The van der Waals surface area contributed by atoms with Crippen molar-refractivity contribution in [1.82, 2.24) is 10.2 Å². The van der Waals surface area contributed by atoms with Gasteiger partial charge in [0.2, 0.25) is 0 Å². The van der Waals surface area contributed by atoms with Gasteiger partial charge < -0.3 is 15.0 Å². The van der Waals surface area contributed by atoms with Crippen LogP contribution in [0.5, 0.6) is 5.75 Å². The molecule has 148 valence electrons. The van der Waals surface area contributed by atoms with Crippen molar-refractivity contribution in [2.75, 3.05) is 14.1 Å². The van der Waals surface area contributed by atoms with Gasteiger partial charge in [-0.3, -0.25) is 9.59 Å². The SMILES string of the molecule is CNC(=O)c1ccc(CN(C)C(=O)c2ccc(COc3ccccc3)cc2)cc1. The van der Waals surface area contributed by atoms with Crippen LogP contribution < -0.4 is 10.1 Å². The second-order valence-electron chi connectivity index (χ2n) is 6.74. The molecular formula is C24H24N2O3. The molecule has 3 aromatic rings. The summed E-state index contributed by atoms with van der Waals surface area (Å²) in [5, 5.41) is 2.59. The monoisotopic (exact) mass is 388 g/mol. The van der Waals surface area contributed by atoms with E-state index in [4.69, 9.17) is 4.74 Å². The van der Waals surface area contributed by atoms with Gasteiger partial charge in [-0.15, -0.1) is 0 Å². The van der Waals surface area contributed by atoms with Crippen LogP contribution in [0.15, 0.2) is 78.9 Å². The molecule has 3 rings (SSSR count). The van der Waals surface area contributed by atoms with Crippen molar-refractivity contribution >= 4 is 11.8 Å². The molecule has 0 saturated heterocycles. The highest BCUT2D eigenvalue weighted by atomic mass is 16.5. The van der Waals surface area contributed by atoms with Gasteiger partial charge in [0, 0.05) is 31.8 Å². The van der Waals surface area contributed by atoms with Crippen molar-refractivity contribution in [3.05, 3.63) is 101 Å². The minimum absolute atomic E-state index is 0.0593. The number of nitrogens with one attached hydrogen (secondary N) is 1. The van der Waals surface area contributed by atoms with Crippen LogP contribution in [0, 0.1) is 0 Å². The summed E-state index contributed by atoms with van der Waals surface area (Å²) in [6.07, 6.45) is 0. The molecule has 0 unspecified atom stereocenters. The molecule has 0 atom stereocenters. The maximum atomic E-state index is 12.7. The van der Waals surface area contributed by atoms with Gasteiger partial charge in [-0.05, 0) is 47.5 Å². The van der Waals surface area contributed by atoms with E-state index < -0.39 is 0 Å². The number of rotatable bonds is 7. The highest BCUT2D eigenvalue weighted by Gasteiger charge is 2.12. The van der Waals surface area contributed by atoms with Gasteiger partial charge in [-0.1, -0.05) is 42.5 Å². The predicted octanol–water partition coefficient (Wildman–Crippen LogP) is 3.90. The van der Waals surface area contributed by atoms with Crippen molar-refractivity contribution in [2.45, 2.75) is 13.2 Å². The van der Waals surface area contributed by atoms with E-state index in [1.807, 2.05) is 66.7 Å². The van der Waals surface area contributed by atoms with Crippen LogP contribution in [0.25, 0.3) is 0 Å². The van der Waals surface area contributed by atoms with Crippen LogP contribution in [0.4, 0.5) is 0 Å². The first kappa shape index (κ1) is 20.1. The van der Waals surface area contributed by atoms with Crippen molar-refractivity contribution in [3.63, 3.8) is 0 Å². The number of hydrogen-bond donors (Lipinski definition) is 1. The zero-order chi connectivity index (χ0) is 20.6. The van der Waals surface area contributed by atoms with Crippen molar-refractivity contribution < 1.29 is 14.3 Å². The zero-order valence-corrected chi connectivity index (χ0v) is 16.6. The molecule has 29 heavy (non-hydrogen) atoms. The van der Waals surface area contributed by atoms with Gasteiger partial charge in [-0.25, -0.2) is 0 Å². The molecule has 0 aromatic heterocycles. The molecule has 0 heterocycles. The summed E-state index contributed by atoms with van der Waals surface area (Å²) in [7, 11) is 3.36. The smallest absolute Gasteiger partial charge is 0.253 e. The Balaban J connectivity index is 1.57. The lowest BCUT2D eigenvalue weighted by molar-refractivity contribution is 0.0784. The fourth-order valence-electron chi connectivity index (χ4n) is 2.90. The van der Waals surface area contributed by atoms with Gasteiger partial charge >= 0.3 is 0 Å². The van der Waals surface area contributed by atoms with E-state index in [9.17, 15) is 9.59 Å². The molecule has 5 heteroatoms. The number of hydrogen-bond acceptors (Lipinski definition) is 3. The summed E-state index contributed by atoms with van der Waals surface area (Å²) in [4.78, 5) is 26.0. The maximum Gasteiger partial charge on any atom is 0.253 e. The molecular weight excluding hydrogens is 364 g/mol. The van der Waals surface area contributed by atoms with E-state index in [1.165, 1.54) is 0 Å². The van der Waals surface area contributed by atoms with E-state index in [1.54, 1.807) is 31.1 Å². The van der Waals surface area contributed by atoms with Crippen LogP contribution in [0.1, 0.15) is 31.8 Å². The zero-order valence-electron chi connectivity index (χ0n) is 16.6. The molecule has 0 radical (unpaired) electrons. The lowest BCUT2D eigenvalue weighted by Crippen LogP contribution is -2.26. The van der Waals surface area contributed by atoms with Gasteiger partial charge in [0.25, 0.3) is 11.8 Å². The third kappa shape index (κ3) is 5.45. The average molecular weight is 388 g/mol. The number of benzene rings is 3. The van der Waals surface area contributed by atoms with E-state index in [0.29, 0.717) is 24.3 Å². The van der Waals surface area contributed by atoms with E-state index in [2.05, 4.69) is 5.32 Å². The second kappa shape index (κ2) is 9.55. The van der Waals surface area contributed by atoms with Crippen LogP contribution in [-0.4, -0.2) is 30.8 Å².